The summed E-state index contributed by atoms with van der Waals surface area (Å²) < 4.78 is 1.57. The van der Waals surface area contributed by atoms with Crippen LogP contribution in [0.2, 0.25) is 0 Å². The molecule has 0 saturated heterocycles. The molecule has 5 nitrogen and oxygen atoms in total. The lowest BCUT2D eigenvalue weighted by atomic mass is 9.93. The van der Waals surface area contributed by atoms with Crippen LogP contribution in [0.25, 0.3) is 0 Å². The summed E-state index contributed by atoms with van der Waals surface area (Å²) in [7, 11) is 0. The first-order valence-corrected chi connectivity index (χ1v) is 9.58. The number of anilines is 1. The van der Waals surface area contributed by atoms with Crippen molar-refractivity contribution in [2.75, 3.05) is 4.90 Å². The summed E-state index contributed by atoms with van der Waals surface area (Å²) in [5, 5.41) is 13.1. The number of amides is 2. The van der Waals surface area contributed by atoms with Gasteiger partial charge in [-0.2, -0.15) is 0 Å². The molecule has 0 aromatic heterocycles. The summed E-state index contributed by atoms with van der Waals surface area (Å²) in [6.07, 6.45) is 3.27. The zero-order chi connectivity index (χ0) is 17.9. The molecule has 24 heavy (non-hydrogen) atoms. The van der Waals surface area contributed by atoms with Crippen molar-refractivity contribution in [2.45, 2.75) is 58.2 Å². The van der Waals surface area contributed by atoms with Crippen molar-refractivity contribution in [1.82, 2.24) is 5.32 Å². The van der Waals surface area contributed by atoms with Crippen molar-refractivity contribution in [3.63, 3.8) is 0 Å². The molecule has 0 spiro atoms. The number of imide groups is 1. The molecule has 2 rings (SSSR count). The highest BCUT2D eigenvalue weighted by molar-refractivity contribution is 9.11. The minimum absolute atomic E-state index is 0.190. The Morgan fingerprint density at radius 1 is 1.17 bits per heavy atom. The topological polar surface area (TPSA) is 69.6 Å². The third-order valence-electron chi connectivity index (χ3n) is 4.24. The van der Waals surface area contributed by atoms with Gasteiger partial charge in [0.15, 0.2) is 0 Å². The largest absolute Gasteiger partial charge is 0.393 e. The maximum absolute atomic E-state index is 11.9. The van der Waals surface area contributed by atoms with Gasteiger partial charge in [0.05, 0.1) is 11.8 Å². The molecule has 1 aliphatic rings. The molecular weight excluding hydrogens is 440 g/mol. The predicted octanol–water partition coefficient (Wildman–Crippen LogP) is 3.50. The molecule has 0 unspecified atom stereocenters. The molecule has 1 fully saturated rings. The second-order valence-electron chi connectivity index (χ2n) is 6.16. The zero-order valence-electron chi connectivity index (χ0n) is 13.8. The van der Waals surface area contributed by atoms with E-state index < -0.39 is 0 Å². The number of hydrogen-bond donors (Lipinski definition) is 2. The lowest BCUT2D eigenvalue weighted by Crippen LogP contribution is -2.37. The number of hydrogen-bond acceptors (Lipinski definition) is 4. The van der Waals surface area contributed by atoms with Crippen LogP contribution in [-0.4, -0.2) is 29.1 Å². The number of carbonyl (C=O) groups excluding carboxylic acids is 2. The van der Waals surface area contributed by atoms with Crippen LogP contribution in [0.1, 0.15) is 45.1 Å². The van der Waals surface area contributed by atoms with Gasteiger partial charge in [-0.15, -0.1) is 0 Å². The van der Waals surface area contributed by atoms with E-state index in [0.29, 0.717) is 22.7 Å². The van der Waals surface area contributed by atoms with Gasteiger partial charge in [0, 0.05) is 35.4 Å². The molecule has 7 heteroatoms. The summed E-state index contributed by atoms with van der Waals surface area (Å²) in [5.41, 5.74) is 1.45. The van der Waals surface area contributed by atoms with Gasteiger partial charge in [-0.05, 0) is 59.3 Å². The second kappa shape index (κ2) is 8.56. The quantitative estimate of drug-likeness (QED) is 0.719. The Morgan fingerprint density at radius 3 is 2.29 bits per heavy atom. The number of nitrogens with zero attached hydrogens (tertiary/aromatic N) is 1. The van der Waals surface area contributed by atoms with Gasteiger partial charge in [-0.25, -0.2) is 4.90 Å². The fourth-order valence-corrected chi connectivity index (χ4v) is 4.57. The molecule has 132 valence electrons. The van der Waals surface area contributed by atoms with Crippen LogP contribution in [0.3, 0.4) is 0 Å². The summed E-state index contributed by atoms with van der Waals surface area (Å²) in [4.78, 5) is 25.1. The van der Waals surface area contributed by atoms with Gasteiger partial charge in [0.1, 0.15) is 0 Å². The highest BCUT2D eigenvalue weighted by atomic mass is 79.9. The van der Waals surface area contributed by atoms with Crippen LogP contribution in [0, 0.1) is 0 Å². The highest BCUT2D eigenvalue weighted by Gasteiger charge is 2.24. The zero-order valence-corrected chi connectivity index (χ0v) is 17.0. The van der Waals surface area contributed by atoms with E-state index in [9.17, 15) is 14.7 Å². The molecule has 1 aromatic carbocycles. The Labute approximate surface area is 159 Å². The number of aliphatic hydroxyl groups excluding tert-OH is 1. The molecular formula is C17H22Br2N2O3. The molecule has 1 saturated carbocycles. The number of aliphatic hydroxyl groups is 1. The van der Waals surface area contributed by atoms with Gasteiger partial charge < -0.3 is 10.4 Å². The Bertz CT molecular complexity index is 615. The third kappa shape index (κ3) is 4.88. The Hall–Kier alpha value is -0.760. The van der Waals surface area contributed by atoms with Crippen LogP contribution in [0.5, 0.6) is 0 Å². The first-order chi connectivity index (χ1) is 11.3. The Morgan fingerprint density at radius 2 is 1.75 bits per heavy atom. The van der Waals surface area contributed by atoms with E-state index in [2.05, 4.69) is 37.2 Å². The highest BCUT2D eigenvalue weighted by Crippen LogP contribution is 2.34. The lowest BCUT2D eigenvalue weighted by Gasteiger charge is -2.28. The predicted molar refractivity (Wildman–Crippen MR) is 101 cm³/mol. The second-order valence-corrected chi connectivity index (χ2v) is 7.93. The van der Waals surface area contributed by atoms with Gasteiger partial charge in [0.2, 0.25) is 11.8 Å². The normalized spacial score (nSPS) is 20.7. The average molecular weight is 462 g/mol. The van der Waals surface area contributed by atoms with Crippen LogP contribution in [-0.2, 0) is 16.1 Å². The number of carbonyl (C=O) groups is 2. The number of benzene rings is 1. The fraction of sp³-hybridized carbons (Fsp3) is 0.529. The number of rotatable bonds is 4. The molecule has 1 aliphatic carbocycles. The van der Waals surface area contributed by atoms with Gasteiger partial charge in [-0.3, -0.25) is 9.59 Å². The first-order valence-electron chi connectivity index (χ1n) is 8.00. The van der Waals surface area contributed by atoms with Gasteiger partial charge >= 0.3 is 0 Å². The molecule has 0 bridgehead atoms. The van der Waals surface area contributed by atoms with Crippen molar-refractivity contribution >= 4 is 49.4 Å². The molecule has 0 radical (unpaired) electrons. The van der Waals surface area contributed by atoms with E-state index in [1.807, 2.05) is 12.1 Å². The summed E-state index contributed by atoms with van der Waals surface area (Å²) in [5.74, 6) is -0.625. The van der Waals surface area contributed by atoms with Gasteiger partial charge in [0.25, 0.3) is 0 Å². The Balaban J connectivity index is 2.24. The lowest BCUT2D eigenvalue weighted by molar-refractivity contribution is -0.124. The fourth-order valence-electron chi connectivity index (χ4n) is 3.08. The van der Waals surface area contributed by atoms with E-state index >= 15 is 0 Å². The standard InChI is InChI=1S/C17H22Br2N2O3/c1-10(22)21(11(2)23)17-12(7-13(18)8-16(17)19)9-20-14-3-5-15(24)6-4-14/h7-8,14-15,20,24H,3-6,9H2,1-2H3. The molecule has 0 atom stereocenters. The molecule has 2 amide bonds. The SMILES string of the molecule is CC(=O)N(C(C)=O)c1c(Br)cc(Br)cc1CNC1CCC(O)CC1. The van der Waals surface area contributed by atoms with E-state index in [1.54, 1.807) is 0 Å². The minimum Gasteiger partial charge on any atom is -0.393 e. The van der Waals surface area contributed by atoms with Crippen molar-refractivity contribution in [3.8, 4) is 0 Å². The van der Waals surface area contributed by atoms with Crippen molar-refractivity contribution in [2.24, 2.45) is 0 Å². The average Bonchev–Trinajstić information content (AvgIpc) is 2.48. The van der Waals surface area contributed by atoms with E-state index in [0.717, 1.165) is 35.7 Å². The van der Waals surface area contributed by atoms with Gasteiger partial charge in [-0.1, -0.05) is 15.9 Å². The van der Waals surface area contributed by atoms with E-state index in [1.165, 1.54) is 18.7 Å². The monoisotopic (exact) mass is 460 g/mol. The minimum atomic E-state index is -0.312. The summed E-state index contributed by atoms with van der Waals surface area (Å²) in [6, 6.07) is 4.08. The first kappa shape index (κ1) is 19.6. The molecule has 0 aliphatic heterocycles. The van der Waals surface area contributed by atoms with Crippen molar-refractivity contribution < 1.29 is 14.7 Å². The number of halogens is 2. The Kier molecular flexibility index (Phi) is 6.98. The van der Waals surface area contributed by atoms with Crippen LogP contribution in [0.15, 0.2) is 21.1 Å². The third-order valence-corrected chi connectivity index (χ3v) is 5.30. The van der Waals surface area contributed by atoms with Crippen LogP contribution >= 0.6 is 31.9 Å². The molecule has 0 heterocycles. The van der Waals surface area contributed by atoms with Crippen LogP contribution < -0.4 is 10.2 Å². The van der Waals surface area contributed by atoms with Crippen molar-refractivity contribution in [3.05, 3.63) is 26.6 Å². The van der Waals surface area contributed by atoms with E-state index in [4.69, 9.17) is 0 Å². The van der Waals surface area contributed by atoms with E-state index in [-0.39, 0.29) is 17.9 Å². The molecule has 1 aromatic rings. The maximum atomic E-state index is 11.9. The smallest absolute Gasteiger partial charge is 0.230 e. The summed E-state index contributed by atoms with van der Waals surface area (Å²) >= 11 is 6.94. The van der Waals surface area contributed by atoms with Crippen LogP contribution in [0.4, 0.5) is 5.69 Å². The number of nitrogens with one attached hydrogen (secondary N) is 1. The van der Waals surface area contributed by atoms with Crippen molar-refractivity contribution in [1.29, 1.82) is 0 Å². The summed E-state index contributed by atoms with van der Waals surface area (Å²) in [6.45, 7) is 3.32. The molecule has 2 N–H and O–H groups in total. The maximum Gasteiger partial charge on any atom is 0.230 e.